The smallest absolute Gasteiger partial charge is 0.145 e. The zero-order chi connectivity index (χ0) is 15.9. The number of benzene rings is 1. The Morgan fingerprint density at radius 2 is 1.29 bits per heavy atom. The van der Waals surface area contributed by atoms with E-state index in [0.29, 0.717) is 5.92 Å². The molecule has 0 nitrogen and oxygen atoms in total. The van der Waals surface area contributed by atoms with E-state index in [-0.39, 0.29) is 17.1 Å². The Labute approximate surface area is 162 Å². The summed E-state index contributed by atoms with van der Waals surface area (Å²) in [6.45, 7) is 2.17. The SMILES string of the molecule is Cc1ccc(C([C]2[CH][CH][CH][CH]2)c2ccccc2)s1.[CH]1[CH][CH][CH][CH]1.[Fe+2]. The van der Waals surface area contributed by atoms with Gasteiger partial charge in [-0.25, -0.2) is 0 Å². The Bertz CT molecular complexity index is 557. The molecule has 2 fully saturated rings. The molecule has 1 aromatic heterocycles. The third-order valence-corrected chi connectivity index (χ3v) is 4.82. The van der Waals surface area contributed by atoms with Crippen molar-refractivity contribution in [3.05, 3.63) is 121 Å². The Kier molecular flexibility index (Phi) is 8.59. The fraction of sp³-hybridized carbons (Fsp3) is 0.0909. The predicted octanol–water partition coefficient (Wildman–Crippen LogP) is 5.61. The molecule has 4 rings (SSSR count). The van der Waals surface area contributed by atoms with E-state index in [1.54, 1.807) is 0 Å². The number of aryl methyl sites for hydroxylation is 1. The van der Waals surface area contributed by atoms with E-state index in [1.807, 2.05) is 43.4 Å². The van der Waals surface area contributed by atoms with E-state index in [4.69, 9.17) is 0 Å². The number of thiophene rings is 1. The Balaban J connectivity index is 0.000000300. The van der Waals surface area contributed by atoms with Gasteiger partial charge in [0.05, 0.1) is 0 Å². The molecule has 1 unspecified atom stereocenters. The van der Waals surface area contributed by atoms with Crippen molar-refractivity contribution in [3.8, 4) is 0 Å². The summed E-state index contributed by atoms with van der Waals surface area (Å²) >= 11 is 1.89. The van der Waals surface area contributed by atoms with Crippen LogP contribution in [-0.2, 0) is 17.1 Å². The topological polar surface area (TPSA) is 0 Å². The van der Waals surface area contributed by atoms with Gasteiger partial charge in [0.25, 0.3) is 0 Å². The maximum atomic E-state index is 2.25. The maximum Gasteiger partial charge on any atom is 2.00 e. The Hall–Kier alpha value is -0.561. The molecule has 120 valence electrons. The molecule has 10 radical (unpaired) electrons. The first-order valence-electron chi connectivity index (χ1n) is 7.84. The monoisotopic (exact) mass is 372 g/mol. The first kappa shape index (κ1) is 19.8. The predicted molar refractivity (Wildman–Crippen MR) is 99.3 cm³/mol. The second-order valence-corrected chi connectivity index (χ2v) is 6.79. The van der Waals surface area contributed by atoms with Gasteiger partial charge in [0.2, 0.25) is 0 Å². The van der Waals surface area contributed by atoms with E-state index in [2.05, 4.69) is 75.1 Å². The Morgan fingerprint density at radius 3 is 1.79 bits per heavy atom. The van der Waals surface area contributed by atoms with Gasteiger partial charge >= 0.3 is 17.1 Å². The van der Waals surface area contributed by atoms with Crippen molar-refractivity contribution in [2.24, 2.45) is 0 Å². The summed E-state index contributed by atoms with van der Waals surface area (Å²) in [6, 6.07) is 15.2. The third-order valence-electron chi connectivity index (χ3n) is 3.76. The number of hydrogen-bond acceptors (Lipinski definition) is 1. The van der Waals surface area contributed by atoms with Gasteiger partial charge in [-0.1, -0.05) is 30.3 Å². The molecule has 2 saturated carbocycles. The minimum Gasteiger partial charge on any atom is -0.145 e. The molecule has 2 aliphatic carbocycles. The second kappa shape index (κ2) is 10.4. The number of hydrogen-bond donors (Lipinski definition) is 0. The molecule has 0 bridgehead atoms. The standard InChI is InChI=1S/C17H15S.C5H5.Fe/c1-13-11-12-16(18-13)17(15-9-5-6-10-15)14-7-3-2-4-8-14;1-2-4-5-3-1;/h2-12,17H,1H3;1-5H;/q;;+2. The molecule has 0 N–H and O–H groups in total. The van der Waals surface area contributed by atoms with Crippen LogP contribution in [0.3, 0.4) is 0 Å². The van der Waals surface area contributed by atoms with Crippen LogP contribution in [0.5, 0.6) is 0 Å². The van der Waals surface area contributed by atoms with Crippen molar-refractivity contribution >= 4 is 11.3 Å². The van der Waals surface area contributed by atoms with Crippen molar-refractivity contribution in [3.63, 3.8) is 0 Å². The third kappa shape index (κ3) is 5.48. The first-order chi connectivity index (χ1) is 11.3. The van der Waals surface area contributed by atoms with Crippen molar-refractivity contribution < 1.29 is 17.1 Å². The fourth-order valence-corrected chi connectivity index (χ4v) is 3.71. The summed E-state index contributed by atoms with van der Waals surface area (Å²) in [6.07, 6.45) is 18.7. The van der Waals surface area contributed by atoms with Crippen LogP contribution in [0.15, 0.2) is 42.5 Å². The van der Waals surface area contributed by atoms with Crippen molar-refractivity contribution in [2.75, 3.05) is 0 Å². The average Bonchev–Trinajstić information content (AvgIpc) is 3.33. The fourth-order valence-electron chi connectivity index (χ4n) is 2.68. The van der Waals surface area contributed by atoms with Crippen molar-refractivity contribution in [1.82, 2.24) is 0 Å². The van der Waals surface area contributed by atoms with Crippen LogP contribution in [-0.4, -0.2) is 0 Å². The molecular weight excluding hydrogens is 352 g/mol. The molecule has 1 heterocycles. The molecule has 0 spiro atoms. The molecule has 2 heteroatoms. The van der Waals surface area contributed by atoms with Gasteiger partial charge in [0.15, 0.2) is 0 Å². The van der Waals surface area contributed by atoms with Gasteiger partial charge in [-0.05, 0) is 88.3 Å². The van der Waals surface area contributed by atoms with E-state index < -0.39 is 0 Å². The average molecular weight is 372 g/mol. The van der Waals surface area contributed by atoms with Crippen LogP contribution in [0.25, 0.3) is 0 Å². The van der Waals surface area contributed by atoms with E-state index in [0.717, 1.165) is 0 Å². The van der Waals surface area contributed by atoms with Gasteiger partial charge in [-0.2, -0.15) is 0 Å². The van der Waals surface area contributed by atoms with Crippen LogP contribution in [0.4, 0.5) is 0 Å². The summed E-state index contributed by atoms with van der Waals surface area (Å²) in [5.74, 6) is 1.75. The molecular formula is C22H20FeS+2. The van der Waals surface area contributed by atoms with Gasteiger partial charge in [-0.3, -0.25) is 0 Å². The molecule has 0 aliphatic heterocycles. The van der Waals surface area contributed by atoms with Gasteiger partial charge in [0, 0.05) is 15.7 Å². The molecule has 0 saturated heterocycles. The van der Waals surface area contributed by atoms with Crippen molar-refractivity contribution in [2.45, 2.75) is 12.8 Å². The molecule has 2 aliphatic rings. The first-order valence-corrected chi connectivity index (χ1v) is 8.66. The normalized spacial score (nSPS) is 18.5. The summed E-state index contributed by atoms with van der Waals surface area (Å²) in [7, 11) is 0. The summed E-state index contributed by atoms with van der Waals surface area (Å²) < 4.78 is 0. The number of rotatable bonds is 3. The molecule has 2 aromatic rings. The molecule has 1 aromatic carbocycles. The Morgan fingerprint density at radius 1 is 0.708 bits per heavy atom. The van der Waals surface area contributed by atoms with Gasteiger partial charge in [0.1, 0.15) is 0 Å². The quantitative estimate of drug-likeness (QED) is 0.614. The van der Waals surface area contributed by atoms with E-state index in [9.17, 15) is 0 Å². The van der Waals surface area contributed by atoms with Crippen molar-refractivity contribution in [1.29, 1.82) is 0 Å². The second-order valence-electron chi connectivity index (χ2n) is 5.47. The van der Waals surface area contributed by atoms with Crippen LogP contribution in [0.2, 0.25) is 0 Å². The van der Waals surface area contributed by atoms with Crippen LogP contribution < -0.4 is 0 Å². The van der Waals surface area contributed by atoms with E-state index in [1.165, 1.54) is 21.2 Å². The molecule has 1 atom stereocenters. The van der Waals surface area contributed by atoms with Crippen LogP contribution in [0.1, 0.15) is 21.2 Å². The minimum absolute atomic E-state index is 0. The largest absolute Gasteiger partial charge is 2.00 e. The zero-order valence-electron chi connectivity index (χ0n) is 13.6. The molecule has 0 amide bonds. The summed E-state index contributed by atoms with van der Waals surface area (Å²) in [4.78, 5) is 2.79. The minimum atomic E-state index is 0. The molecule has 24 heavy (non-hydrogen) atoms. The van der Waals surface area contributed by atoms with Crippen LogP contribution in [0, 0.1) is 70.6 Å². The van der Waals surface area contributed by atoms with Crippen LogP contribution >= 0.6 is 11.3 Å². The zero-order valence-corrected chi connectivity index (χ0v) is 15.5. The maximum absolute atomic E-state index is 2.25. The van der Waals surface area contributed by atoms with Gasteiger partial charge < -0.3 is 0 Å². The van der Waals surface area contributed by atoms with E-state index >= 15 is 0 Å². The summed E-state index contributed by atoms with van der Waals surface area (Å²) in [5, 5.41) is 0. The van der Waals surface area contributed by atoms with Gasteiger partial charge in [-0.15, -0.1) is 11.3 Å². The summed E-state index contributed by atoms with van der Waals surface area (Å²) in [5.41, 5.74) is 1.37.